The molecule has 1 fully saturated rings. The number of hydrogen-bond donors (Lipinski definition) is 2. The molecule has 0 spiro atoms. The summed E-state index contributed by atoms with van der Waals surface area (Å²) in [7, 11) is -4.01. The van der Waals surface area contributed by atoms with Crippen molar-refractivity contribution in [2.24, 2.45) is 0 Å². The van der Waals surface area contributed by atoms with Crippen LogP contribution in [0.5, 0.6) is 0 Å². The molecule has 1 aliphatic rings. The summed E-state index contributed by atoms with van der Waals surface area (Å²) in [5.74, 6) is -0.961. The lowest BCUT2D eigenvalue weighted by atomic mass is 10.2. The lowest BCUT2D eigenvalue weighted by Crippen LogP contribution is -2.30. The third-order valence-corrected chi connectivity index (χ3v) is 5.26. The molecule has 0 aliphatic carbocycles. The first-order valence-electron chi connectivity index (χ1n) is 8.10. The van der Waals surface area contributed by atoms with Gasteiger partial charge in [-0.15, -0.1) is 0 Å². The summed E-state index contributed by atoms with van der Waals surface area (Å²) in [5, 5.41) is 2.68. The molecule has 1 aliphatic heterocycles. The van der Waals surface area contributed by atoms with Gasteiger partial charge in [0.05, 0.1) is 4.90 Å². The molecule has 0 bridgehead atoms. The minimum Gasteiger partial charge on any atom is -0.368 e. The van der Waals surface area contributed by atoms with Crippen molar-refractivity contribution in [1.82, 2.24) is 4.72 Å². The van der Waals surface area contributed by atoms with Crippen LogP contribution in [0.3, 0.4) is 0 Å². The molecule has 2 aromatic rings. The molecule has 2 N–H and O–H groups in total. The molecular weight excluding hydrogens is 356 g/mol. The Kier molecular flexibility index (Phi) is 5.34. The Labute approximate surface area is 151 Å². The van der Waals surface area contributed by atoms with Gasteiger partial charge in [-0.25, -0.2) is 13.1 Å². The maximum absolute atomic E-state index is 12.3. The maximum atomic E-state index is 12.3. The van der Waals surface area contributed by atoms with Gasteiger partial charge in [0.2, 0.25) is 0 Å². The summed E-state index contributed by atoms with van der Waals surface area (Å²) in [4.78, 5) is 23.9. The molecule has 1 atom stereocenters. The average molecular weight is 374 g/mol. The van der Waals surface area contributed by atoms with E-state index < -0.39 is 22.0 Å². The molecule has 26 heavy (non-hydrogen) atoms. The Balaban J connectivity index is 1.66. The lowest BCUT2D eigenvalue weighted by Gasteiger charge is -2.11. The van der Waals surface area contributed by atoms with Crippen LogP contribution in [0.4, 0.5) is 5.69 Å². The fourth-order valence-corrected chi connectivity index (χ4v) is 3.53. The molecule has 0 unspecified atom stereocenters. The molecule has 0 aromatic heterocycles. The van der Waals surface area contributed by atoms with Crippen molar-refractivity contribution < 1.29 is 22.7 Å². The van der Waals surface area contributed by atoms with Gasteiger partial charge in [-0.1, -0.05) is 18.2 Å². The van der Waals surface area contributed by atoms with Crippen molar-refractivity contribution in [1.29, 1.82) is 0 Å². The van der Waals surface area contributed by atoms with Crippen LogP contribution >= 0.6 is 0 Å². The van der Waals surface area contributed by atoms with E-state index in [9.17, 15) is 18.0 Å². The van der Waals surface area contributed by atoms with Crippen LogP contribution in [0, 0.1) is 0 Å². The lowest BCUT2D eigenvalue weighted by molar-refractivity contribution is -0.124. The normalized spacial score (nSPS) is 16.8. The fourth-order valence-electron chi connectivity index (χ4n) is 2.55. The monoisotopic (exact) mass is 374 g/mol. The van der Waals surface area contributed by atoms with Crippen molar-refractivity contribution in [2.75, 3.05) is 11.9 Å². The fraction of sp³-hybridized carbons (Fsp3) is 0.222. The van der Waals surface area contributed by atoms with E-state index >= 15 is 0 Å². The zero-order chi connectivity index (χ0) is 18.6. The first kappa shape index (κ1) is 18.1. The van der Waals surface area contributed by atoms with Gasteiger partial charge in [0.1, 0.15) is 6.10 Å². The molecule has 0 saturated carbocycles. The summed E-state index contributed by atoms with van der Waals surface area (Å²) in [6.07, 6.45) is 1.05. The Hall–Kier alpha value is -2.71. The van der Waals surface area contributed by atoms with Gasteiger partial charge in [-0.3, -0.25) is 9.59 Å². The Morgan fingerprint density at radius 3 is 2.31 bits per heavy atom. The molecule has 2 amide bonds. The predicted octanol–water partition coefficient (Wildman–Crippen LogP) is 1.92. The van der Waals surface area contributed by atoms with Gasteiger partial charge in [0, 0.05) is 17.9 Å². The number of benzene rings is 2. The van der Waals surface area contributed by atoms with Crippen LogP contribution in [0.1, 0.15) is 23.2 Å². The largest absolute Gasteiger partial charge is 0.368 e. The second-order valence-corrected chi connectivity index (χ2v) is 7.50. The topological polar surface area (TPSA) is 102 Å². The van der Waals surface area contributed by atoms with Crippen molar-refractivity contribution in [3.63, 3.8) is 0 Å². The molecule has 0 radical (unpaired) electrons. The van der Waals surface area contributed by atoms with Gasteiger partial charge >= 0.3 is 0 Å². The number of anilines is 1. The summed E-state index contributed by atoms with van der Waals surface area (Å²) < 4.78 is 32.0. The number of rotatable bonds is 5. The third kappa shape index (κ3) is 4.27. The molecule has 1 heterocycles. The second kappa shape index (κ2) is 7.67. The minimum absolute atomic E-state index is 0.0723. The van der Waals surface area contributed by atoms with E-state index in [1.165, 1.54) is 36.4 Å². The van der Waals surface area contributed by atoms with Crippen LogP contribution in [-0.4, -0.2) is 32.9 Å². The van der Waals surface area contributed by atoms with E-state index in [2.05, 4.69) is 5.32 Å². The van der Waals surface area contributed by atoms with Crippen molar-refractivity contribution in [3.05, 3.63) is 60.2 Å². The van der Waals surface area contributed by atoms with Crippen LogP contribution in [0.2, 0.25) is 0 Å². The Morgan fingerprint density at radius 1 is 1.00 bits per heavy atom. The van der Waals surface area contributed by atoms with Gasteiger partial charge in [0.15, 0.2) is 0 Å². The van der Waals surface area contributed by atoms with Gasteiger partial charge in [-0.05, 0) is 49.2 Å². The van der Waals surface area contributed by atoms with E-state index in [1.54, 1.807) is 18.2 Å². The van der Waals surface area contributed by atoms with E-state index in [0.29, 0.717) is 18.7 Å². The number of carbonyl (C=O) groups is 2. The standard InChI is InChI=1S/C18H18N2O5S/c21-17(13-5-2-1-3-6-13)20-26(23,24)15-10-8-14(9-11-15)19-18(22)16-7-4-12-25-16/h1-3,5-6,8-11,16H,4,7,12H2,(H,19,22)(H,20,21)/t16-/m0/s1. The third-order valence-electron chi connectivity index (χ3n) is 3.92. The van der Waals surface area contributed by atoms with E-state index in [0.717, 1.165) is 6.42 Å². The zero-order valence-corrected chi connectivity index (χ0v) is 14.7. The highest BCUT2D eigenvalue weighted by Crippen LogP contribution is 2.17. The number of carbonyl (C=O) groups excluding carboxylic acids is 2. The maximum Gasteiger partial charge on any atom is 0.264 e. The molecular formula is C18H18N2O5S. The number of hydrogen-bond acceptors (Lipinski definition) is 5. The van der Waals surface area contributed by atoms with Crippen molar-refractivity contribution >= 4 is 27.5 Å². The van der Waals surface area contributed by atoms with Crippen LogP contribution < -0.4 is 10.0 Å². The number of ether oxygens (including phenoxy) is 1. The highest BCUT2D eigenvalue weighted by atomic mass is 32.2. The summed E-state index contributed by atoms with van der Waals surface area (Å²) in [6.45, 7) is 0.566. The number of sulfonamides is 1. The quantitative estimate of drug-likeness (QED) is 0.833. The minimum atomic E-state index is -4.01. The molecule has 3 rings (SSSR count). The van der Waals surface area contributed by atoms with Crippen molar-refractivity contribution in [2.45, 2.75) is 23.8 Å². The highest BCUT2D eigenvalue weighted by molar-refractivity contribution is 7.90. The van der Waals surface area contributed by atoms with E-state index in [1.807, 2.05) is 4.72 Å². The average Bonchev–Trinajstić information content (AvgIpc) is 3.17. The molecule has 8 heteroatoms. The zero-order valence-electron chi connectivity index (χ0n) is 13.8. The Bertz CT molecular complexity index is 889. The second-order valence-electron chi connectivity index (χ2n) is 5.82. The van der Waals surface area contributed by atoms with Crippen LogP contribution in [0.15, 0.2) is 59.5 Å². The number of amides is 2. The van der Waals surface area contributed by atoms with Gasteiger partial charge in [-0.2, -0.15) is 0 Å². The van der Waals surface area contributed by atoms with E-state index in [4.69, 9.17) is 4.74 Å². The van der Waals surface area contributed by atoms with Gasteiger partial charge in [0.25, 0.3) is 21.8 Å². The molecule has 2 aromatic carbocycles. The van der Waals surface area contributed by atoms with Crippen LogP contribution in [-0.2, 0) is 19.6 Å². The SMILES string of the molecule is O=C(NS(=O)(=O)c1ccc(NC(=O)[C@@H]2CCCO2)cc1)c1ccccc1. The van der Waals surface area contributed by atoms with Crippen LogP contribution in [0.25, 0.3) is 0 Å². The summed E-state index contributed by atoms with van der Waals surface area (Å²) in [5.41, 5.74) is 0.704. The molecule has 136 valence electrons. The summed E-state index contributed by atoms with van der Waals surface area (Å²) >= 11 is 0. The van der Waals surface area contributed by atoms with Gasteiger partial charge < -0.3 is 10.1 Å². The number of nitrogens with one attached hydrogen (secondary N) is 2. The van der Waals surface area contributed by atoms with E-state index in [-0.39, 0.29) is 16.4 Å². The molecule has 7 nitrogen and oxygen atoms in total. The first-order valence-corrected chi connectivity index (χ1v) is 9.59. The highest BCUT2D eigenvalue weighted by Gasteiger charge is 2.24. The molecule has 1 saturated heterocycles. The Morgan fingerprint density at radius 2 is 1.69 bits per heavy atom. The summed E-state index contributed by atoms with van der Waals surface area (Å²) in [6, 6.07) is 13.7. The smallest absolute Gasteiger partial charge is 0.264 e. The first-order chi connectivity index (χ1) is 12.5. The van der Waals surface area contributed by atoms with Crippen molar-refractivity contribution in [3.8, 4) is 0 Å². The predicted molar refractivity (Wildman–Crippen MR) is 95.1 cm³/mol.